The molecule has 2 aromatic rings. The fourth-order valence-electron chi connectivity index (χ4n) is 2.32. The molecular formula is C12H15N3O. The second-order valence-electron chi connectivity index (χ2n) is 4.27. The largest absolute Gasteiger partial charge is 0.398 e. The van der Waals surface area contributed by atoms with Crippen LogP contribution >= 0.6 is 0 Å². The lowest BCUT2D eigenvalue weighted by Crippen LogP contribution is -2.29. The highest BCUT2D eigenvalue weighted by Gasteiger charge is 2.19. The predicted octanol–water partition coefficient (Wildman–Crippen LogP) is 2.40. The molecule has 0 bridgehead atoms. The van der Waals surface area contributed by atoms with Crippen molar-refractivity contribution >= 4 is 22.5 Å². The van der Waals surface area contributed by atoms with Crippen molar-refractivity contribution in [1.82, 2.24) is 5.16 Å². The van der Waals surface area contributed by atoms with E-state index in [1.807, 2.05) is 18.2 Å². The molecule has 16 heavy (non-hydrogen) atoms. The molecule has 1 saturated heterocycles. The Morgan fingerprint density at radius 3 is 2.81 bits per heavy atom. The minimum Gasteiger partial charge on any atom is -0.398 e. The molecule has 1 aromatic heterocycles. The number of anilines is 2. The smallest absolute Gasteiger partial charge is 0.182 e. The zero-order chi connectivity index (χ0) is 11.0. The van der Waals surface area contributed by atoms with Gasteiger partial charge in [-0.1, -0.05) is 11.2 Å². The summed E-state index contributed by atoms with van der Waals surface area (Å²) >= 11 is 0. The van der Waals surface area contributed by atoms with Crippen molar-refractivity contribution in [2.24, 2.45) is 0 Å². The molecule has 4 heteroatoms. The Bertz CT molecular complexity index is 500. The molecule has 0 unspecified atom stereocenters. The second kappa shape index (κ2) is 3.70. The first kappa shape index (κ1) is 9.51. The molecular weight excluding hydrogens is 202 g/mol. The standard InChI is InChI=1S/C12H15N3O/c13-9-5-4-6-10-11(9)12(14-16-10)15-7-2-1-3-8-15/h4-6H,1-3,7-8,13H2. The van der Waals surface area contributed by atoms with E-state index in [1.165, 1.54) is 19.3 Å². The molecule has 1 aliphatic heterocycles. The fourth-order valence-corrected chi connectivity index (χ4v) is 2.32. The van der Waals surface area contributed by atoms with E-state index < -0.39 is 0 Å². The van der Waals surface area contributed by atoms with Crippen molar-refractivity contribution in [1.29, 1.82) is 0 Å². The minimum atomic E-state index is 0.749. The summed E-state index contributed by atoms with van der Waals surface area (Å²) in [5, 5.41) is 5.11. The summed E-state index contributed by atoms with van der Waals surface area (Å²) in [6.45, 7) is 2.10. The van der Waals surface area contributed by atoms with E-state index in [4.69, 9.17) is 10.3 Å². The molecule has 0 radical (unpaired) electrons. The number of hydrogen-bond donors (Lipinski definition) is 1. The van der Waals surface area contributed by atoms with Crippen LogP contribution in [0.15, 0.2) is 22.7 Å². The normalized spacial score (nSPS) is 16.9. The van der Waals surface area contributed by atoms with Gasteiger partial charge in [0.2, 0.25) is 0 Å². The summed E-state index contributed by atoms with van der Waals surface area (Å²) in [7, 11) is 0. The van der Waals surface area contributed by atoms with E-state index in [-0.39, 0.29) is 0 Å². The molecule has 1 fully saturated rings. The first-order valence-corrected chi connectivity index (χ1v) is 5.75. The van der Waals surface area contributed by atoms with Crippen molar-refractivity contribution in [3.05, 3.63) is 18.2 Å². The Labute approximate surface area is 94.0 Å². The number of nitrogen functional groups attached to an aromatic ring is 1. The Morgan fingerprint density at radius 1 is 1.19 bits per heavy atom. The van der Waals surface area contributed by atoms with E-state index in [1.54, 1.807) is 0 Å². The first-order chi connectivity index (χ1) is 7.86. The number of hydrogen-bond acceptors (Lipinski definition) is 4. The molecule has 4 nitrogen and oxygen atoms in total. The Balaban J connectivity index is 2.09. The quantitative estimate of drug-likeness (QED) is 0.745. The first-order valence-electron chi connectivity index (χ1n) is 5.75. The van der Waals surface area contributed by atoms with Crippen LogP contribution in [0, 0.1) is 0 Å². The maximum absolute atomic E-state index is 5.98. The molecule has 0 saturated carbocycles. The summed E-state index contributed by atoms with van der Waals surface area (Å²) in [4.78, 5) is 2.27. The maximum Gasteiger partial charge on any atom is 0.182 e. The monoisotopic (exact) mass is 217 g/mol. The van der Waals surface area contributed by atoms with Gasteiger partial charge in [0.25, 0.3) is 0 Å². The Morgan fingerprint density at radius 2 is 2.00 bits per heavy atom. The minimum absolute atomic E-state index is 0.749. The molecule has 2 N–H and O–H groups in total. The van der Waals surface area contributed by atoms with Gasteiger partial charge in [-0.25, -0.2) is 0 Å². The van der Waals surface area contributed by atoms with Gasteiger partial charge in [-0.2, -0.15) is 0 Å². The van der Waals surface area contributed by atoms with Crippen molar-refractivity contribution in [3.63, 3.8) is 0 Å². The van der Waals surface area contributed by atoms with Crippen molar-refractivity contribution in [2.45, 2.75) is 19.3 Å². The van der Waals surface area contributed by atoms with Gasteiger partial charge in [0.1, 0.15) is 0 Å². The van der Waals surface area contributed by atoms with Gasteiger partial charge in [-0.15, -0.1) is 0 Å². The average Bonchev–Trinajstić information content (AvgIpc) is 2.75. The molecule has 0 spiro atoms. The number of nitrogens with two attached hydrogens (primary N) is 1. The Kier molecular flexibility index (Phi) is 2.20. The summed E-state index contributed by atoms with van der Waals surface area (Å²) in [5.41, 5.74) is 7.51. The highest BCUT2D eigenvalue weighted by atomic mass is 16.5. The van der Waals surface area contributed by atoms with E-state index >= 15 is 0 Å². The number of rotatable bonds is 1. The number of fused-ring (bicyclic) bond motifs is 1. The summed E-state index contributed by atoms with van der Waals surface area (Å²) < 4.78 is 5.31. The van der Waals surface area contributed by atoms with Crippen LogP contribution < -0.4 is 10.6 Å². The van der Waals surface area contributed by atoms with E-state index in [9.17, 15) is 0 Å². The molecule has 1 aliphatic rings. The third-order valence-corrected chi connectivity index (χ3v) is 3.17. The van der Waals surface area contributed by atoms with Crippen molar-refractivity contribution in [2.75, 3.05) is 23.7 Å². The fraction of sp³-hybridized carbons (Fsp3) is 0.417. The molecule has 2 heterocycles. The number of nitrogens with zero attached hydrogens (tertiary/aromatic N) is 2. The molecule has 3 rings (SSSR count). The van der Waals surface area contributed by atoms with Crippen LogP contribution in [0.3, 0.4) is 0 Å². The van der Waals surface area contributed by atoms with Crippen LogP contribution in [0.25, 0.3) is 11.0 Å². The SMILES string of the molecule is Nc1cccc2onc(N3CCCCC3)c12. The number of aromatic nitrogens is 1. The lowest BCUT2D eigenvalue weighted by Gasteiger charge is -2.26. The highest BCUT2D eigenvalue weighted by molar-refractivity contribution is 5.98. The van der Waals surface area contributed by atoms with Crippen LogP contribution in [-0.2, 0) is 0 Å². The third kappa shape index (κ3) is 1.41. The highest BCUT2D eigenvalue weighted by Crippen LogP contribution is 2.32. The van der Waals surface area contributed by atoms with Crippen LogP contribution in [0.1, 0.15) is 19.3 Å². The maximum atomic E-state index is 5.98. The van der Waals surface area contributed by atoms with Crippen LogP contribution in [0.5, 0.6) is 0 Å². The lowest BCUT2D eigenvalue weighted by atomic mass is 10.1. The molecule has 0 atom stereocenters. The van der Waals surface area contributed by atoms with Gasteiger partial charge in [0.15, 0.2) is 11.4 Å². The molecule has 84 valence electrons. The summed E-state index contributed by atoms with van der Waals surface area (Å²) in [6.07, 6.45) is 3.75. The number of piperidine rings is 1. The zero-order valence-corrected chi connectivity index (χ0v) is 9.15. The van der Waals surface area contributed by atoms with Gasteiger partial charge < -0.3 is 15.2 Å². The lowest BCUT2D eigenvalue weighted by molar-refractivity contribution is 0.450. The van der Waals surface area contributed by atoms with Crippen LogP contribution in [0.4, 0.5) is 11.5 Å². The van der Waals surface area contributed by atoms with E-state index in [0.29, 0.717) is 0 Å². The van der Waals surface area contributed by atoms with Gasteiger partial charge in [0.05, 0.1) is 5.39 Å². The molecule has 0 amide bonds. The second-order valence-corrected chi connectivity index (χ2v) is 4.27. The van der Waals surface area contributed by atoms with E-state index in [2.05, 4.69) is 10.1 Å². The molecule has 1 aromatic carbocycles. The third-order valence-electron chi connectivity index (χ3n) is 3.17. The topological polar surface area (TPSA) is 55.3 Å². The predicted molar refractivity (Wildman–Crippen MR) is 64.5 cm³/mol. The van der Waals surface area contributed by atoms with Crippen LogP contribution in [0.2, 0.25) is 0 Å². The summed E-state index contributed by atoms with van der Waals surface area (Å²) in [6, 6.07) is 5.70. The molecule has 0 aliphatic carbocycles. The summed E-state index contributed by atoms with van der Waals surface area (Å²) in [5.74, 6) is 0.910. The average molecular weight is 217 g/mol. The van der Waals surface area contributed by atoms with Crippen molar-refractivity contribution in [3.8, 4) is 0 Å². The number of benzene rings is 1. The van der Waals surface area contributed by atoms with Crippen LogP contribution in [-0.4, -0.2) is 18.2 Å². The van der Waals surface area contributed by atoms with Gasteiger partial charge in [0, 0.05) is 18.8 Å². The van der Waals surface area contributed by atoms with Gasteiger partial charge in [-0.3, -0.25) is 0 Å². The van der Waals surface area contributed by atoms with Gasteiger partial charge in [-0.05, 0) is 31.4 Å². The zero-order valence-electron chi connectivity index (χ0n) is 9.15. The van der Waals surface area contributed by atoms with Gasteiger partial charge >= 0.3 is 0 Å². The van der Waals surface area contributed by atoms with E-state index in [0.717, 1.165) is 35.6 Å². The van der Waals surface area contributed by atoms with Crippen molar-refractivity contribution < 1.29 is 4.52 Å². The Hall–Kier alpha value is -1.71.